The third kappa shape index (κ3) is 4.32. The Labute approximate surface area is 143 Å². The lowest BCUT2D eigenvalue weighted by molar-refractivity contribution is -0.148. The van der Waals surface area contributed by atoms with E-state index in [0.717, 1.165) is 25.0 Å². The van der Waals surface area contributed by atoms with E-state index < -0.39 is 30.2 Å². The van der Waals surface area contributed by atoms with Crippen molar-refractivity contribution in [3.05, 3.63) is 29.8 Å². The molecule has 7 heteroatoms. The summed E-state index contributed by atoms with van der Waals surface area (Å²) in [5.41, 5.74) is -1.28. The molecule has 0 spiro atoms. The van der Waals surface area contributed by atoms with Gasteiger partial charge in [0.1, 0.15) is 0 Å². The molecule has 2 aliphatic carbocycles. The van der Waals surface area contributed by atoms with Gasteiger partial charge in [0.05, 0.1) is 11.3 Å². The standard InChI is InChI=1S/C18H20F3NO3/c19-18(20,21)14-3-1-2-4-15(14)22-16(23)10-25-17(24)9-13-8-11-5-6-12(13)7-11/h1-4,11-13H,5-10H2,(H,22,23)/t11-,12-,13+/m1/s1. The number of benzene rings is 1. The molecule has 0 unspecified atom stereocenters. The summed E-state index contributed by atoms with van der Waals surface area (Å²) in [6.07, 6.45) is 0.308. The molecule has 0 heterocycles. The van der Waals surface area contributed by atoms with Crippen molar-refractivity contribution in [1.29, 1.82) is 0 Å². The molecule has 0 aliphatic heterocycles. The van der Waals surface area contributed by atoms with Crippen molar-refractivity contribution >= 4 is 17.6 Å². The van der Waals surface area contributed by atoms with Crippen molar-refractivity contribution in [2.24, 2.45) is 17.8 Å². The highest BCUT2D eigenvalue weighted by molar-refractivity contribution is 5.93. The smallest absolute Gasteiger partial charge is 0.418 e. The summed E-state index contributed by atoms with van der Waals surface area (Å²) in [4.78, 5) is 23.7. The van der Waals surface area contributed by atoms with Gasteiger partial charge in [-0.2, -0.15) is 13.2 Å². The van der Waals surface area contributed by atoms with Gasteiger partial charge in [0.25, 0.3) is 5.91 Å². The zero-order valence-electron chi connectivity index (χ0n) is 13.6. The van der Waals surface area contributed by atoms with E-state index in [-0.39, 0.29) is 12.1 Å². The molecule has 1 aromatic carbocycles. The maximum atomic E-state index is 12.9. The van der Waals surface area contributed by atoms with Crippen LogP contribution in [0.3, 0.4) is 0 Å². The van der Waals surface area contributed by atoms with Crippen molar-refractivity contribution < 1.29 is 27.5 Å². The molecule has 1 N–H and O–H groups in total. The number of fused-ring (bicyclic) bond motifs is 2. The van der Waals surface area contributed by atoms with Crippen LogP contribution in [0.25, 0.3) is 0 Å². The van der Waals surface area contributed by atoms with Gasteiger partial charge < -0.3 is 10.1 Å². The van der Waals surface area contributed by atoms with E-state index in [4.69, 9.17) is 4.74 Å². The maximum absolute atomic E-state index is 12.9. The van der Waals surface area contributed by atoms with Crippen LogP contribution in [0.15, 0.2) is 24.3 Å². The number of halogens is 3. The van der Waals surface area contributed by atoms with Crippen LogP contribution in [-0.4, -0.2) is 18.5 Å². The Balaban J connectivity index is 1.48. The topological polar surface area (TPSA) is 55.4 Å². The van der Waals surface area contributed by atoms with Gasteiger partial charge in [0.15, 0.2) is 6.61 Å². The molecule has 4 nitrogen and oxygen atoms in total. The fourth-order valence-corrected chi connectivity index (χ4v) is 4.07. The van der Waals surface area contributed by atoms with Crippen molar-refractivity contribution in [2.75, 3.05) is 11.9 Å². The number of rotatable bonds is 5. The summed E-state index contributed by atoms with van der Waals surface area (Å²) in [5, 5.41) is 2.16. The van der Waals surface area contributed by atoms with Gasteiger partial charge in [-0.3, -0.25) is 9.59 Å². The van der Waals surface area contributed by atoms with Gasteiger partial charge in [0.2, 0.25) is 0 Å². The van der Waals surface area contributed by atoms with E-state index in [1.165, 1.54) is 25.0 Å². The average molecular weight is 355 g/mol. The normalized spacial score (nSPS) is 25.0. The van der Waals surface area contributed by atoms with Crippen molar-refractivity contribution in [3.63, 3.8) is 0 Å². The van der Waals surface area contributed by atoms with Gasteiger partial charge >= 0.3 is 12.1 Å². The Kier molecular flexibility index (Phi) is 5.01. The summed E-state index contributed by atoms with van der Waals surface area (Å²) < 4.78 is 43.6. The number of carbonyl (C=O) groups excluding carboxylic acids is 2. The van der Waals surface area contributed by atoms with E-state index >= 15 is 0 Å². The van der Waals surface area contributed by atoms with Gasteiger partial charge in [-0.05, 0) is 49.1 Å². The lowest BCUT2D eigenvalue weighted by Gasteiger charge is -2.20. The number of ether oxygens (including phenoxy) is 1. The summed E-state index contributed by atoms with van der Waals surface area (Å²) >= 11 is 0. The Morgan fingerprint density at radius 1 is 1.16 bits per heavy atom. The second-order valence-electron chi connectivity index (χ2n) is 6.89. The first-order valence-corrected chi connectivity index (χ1v) is 8.44. The van der Waals surface area contributed by atoms with Crippen molar-refractivity contribution in [2.45, 2.75) is 38.3 Å². The number of nitrogens with one attached hydrogen (secondary N) is 1. The Morgan fingerprint density at radius 3 is 2.56 bits per heavy atom. The highest BCUT2D eigenvalue weighted by Crippen LogP contribution is 2.49. The fraction of sp³-hybridized carbons (Fsp3) is 0.556. The Bertz CT molecular complexity index is 659. The predicted molar refractivity (Wildman–Crippen MR) is 84.6 cm³/mol. The third-order valence-electron chi connectivity index (χ3n) is 5.18. The summed E-state index contributed by atoms with van der Waals surface area (Å²) in [6, 6.07) is 4.69. The molecule has 2 bridgehead atoms. The molecule has 0 aromatic heterocycles. The zero-order chi connectivity index (χ0) is 18.0. The molecule has 0 radical (unpaired) electrons. The number of amides is 1. The van der Waals surface area contributed by atoms with Crippen LogP contribution in [0.5, 0.6) is 0 Å². The van der Waals surface area contributed by atoms with Crippen LogP contribution < -0.4 is 5.32 Å². The van der Waals surface area contributed by atoms with Crippen LogP contribution in [0.1, 0.15) is 37.7 Å². The molecule has 25 heavy (non-hydrogen) atoms. The molecule has 3 atom stereocenters. The number of hydrogen-bond donors (Lipinski definition) is 1. The molecule has 0 saturated heterocycles. The molecule has 3 rings (SSSR count). The molecule has 1 aromatic rings. The van der Waals surface area contributed by atoms with E-state index in [0.29, 0.717) is 17.8 Å². The molecular formula is C18H20F3NO3. The fourth-order valence-electron chi connectivity index (χ4n) is 4.07. The molecule has 2 aliphatic rings. The maximum Gasteiger partial charge on any atom is 0.418 e. The first-order chi connectivity index (χ1) is 11.8. The van der Waals surface area contributed by atoms with Gasteiger partial charge in [-0.15, -0.1) is 0 Å². The second-order valence-corrected chi connectivity index (χ2v) is 6.89. The van der Waals surface area contributed by atoms with Crippen LogP contribution in [0.4, 0.5) is 18.9 Å². The number of alkyl halides is 3. The quantitative estimate of drug-likeness (QED) is 0.812. The summed E-state index contributed by atoms with van der Waals surface area (Å²) in [6.45, 7) is -0.578. The monoisotopic (exact) mass is 355 g/mol. The summed E-state index contributed by atoms with van der Waals surface area (Å²) in [7, 11) is 0. The van der Waals surface area contributed by atoms with Crippen LogP contribution in [0.2, 0.25) is 0 Å². The van der Waals surface area contributed by atoms with Gasteiger partial charge in [0, 0.05) is 6.42 Å². The van der Waals surface area contributed by atoms with Crippen LogP contribution in [-0.2, 0) is 20.5 Å². The molecule has 1 amide bonds. The molecule has 136 valence electrons. The van der Waals surface area contributed by atoms with E-state index in [1.807, 2.05) is 0 Å². The Morgan fingerprint density at radius 2 is 1.92 bits per heavy atom. The number of carbonyl (C=O) groups is 2. The largest absolute Gasteiger partial charge is 0.456 e. The average Bonchev–Trinajstić information content (AvgIpc) is 3.15. The molecular weight excluding hydrogens is 335 g/mol. The third-order valence-corrected chi connectivity index (χ3v) is 5.18. The van der Waals surface area contributed by atoms with E-state index in [2.05, 4.69) is 5.32 Å². The predicted octanol–water partition coefficient (Wildman–Crippen LogP) is 4.01. The van der Waals surface area contributed by atoms with Gasteiger partial charge in [-0.1, -0.05) is 18.6 Å². The van der Waals surface area contributed by atoms with Crippen molar-refractivity contribution in [1.82, 2.24) is 0 Å². The number of anilines is 1. The minimum Gasteiger partial charge on any atom is -0.456 e. The highest BCUT2D eigenvalue weighted by atomic mass is 19.4. The van der Waals surface area contributed by atoms with Crippen LogP contribution in [0, 0.1) is 17.8 Å². The van der Waals surface area contributed by atoms with Crippen LogP contribution >= 0.6 is 0 Å². The lowest BCUT2D eigenvalue weighted by Crippen LogP contribution is -2.24. The second kappa shape index (κ2) is 7.06. The molecule has 2 fully saturated rings. The minimum absolute atomic E-state index is 0.285. The lowest BCUT2D eigenvalue weighted by atomic mass is 9.86. The molecule has 2 saturated carbocycles. The first-order valence-electron chi connectivity index (χ1n) is 8.44. The zero-order valence-corrected chi connectivity index (χ0v) is 13.6. The van der Waals surface area contributed by atoms with Crippen molar-refractivity contribution in [3.8, 4) is 0 Å². The number of hydrogen-bond acceptors (Lipinski definition) is 3. The van der Waals surface area contributed by atoms with Gasteiger partial charge in [-0.25, -0.2) is 0 Å². The van der Waals surface area contributed by atoms with E-state index in [1.54, 1.807) is 0 Å². The minimum atomic E-state index is -4.57. The number of esters is 1. The highest BCUT2D eigenvalue weighted by Gasteiger charge is 2.40. The summed E-state index contributed by atoms with van der Waals surface area (Å²) in [5.74, 6) is 0.366. The number of para-hydroxylation sites is 1. The Hall–Kier alpha value is -2.05. The SMILES string of the molecule is O=C(COC(=O)C[C@@H]1C[C@@H]2CC[C@@H]1C2)Nc1ccccc1C(F)(F)F. The van der Waals surface area contributed by atoms with E-state index in [9.17, 15) is 22.8 Å². The first kappa shape index (κ1) is 17.8.